The fourth-order valence-corrected chi connectivity index (χ4v) is 2.85. The number of hydrogen-bond donors (Lipinski definition) is 0. The molecule has 1 aromatic heterocycles. The fraction of sp³-hybridized carbons (Fsp3) is 0.188. The Bertz CT molecular complexity index is 781. The van der Waals surface area contributed by atoms with Crippen LogP contribution >= 0.6 is 23.2 Å². The van der Waals surface area contributed by atoms with E-state index >= 15 is 0 Å². The summed E-state index contributed by atoms with van der Waals surface area (Å²) in [5.74, 6) is 0.710. The van der Waals surface area contributed by atoms with Crippen molar-refractivity contribution in [1.82, 2.24) is 9.55 Å². The van der Waals surface area contributed by atoms with Crippen LogP contribution in [0.5, 0.6) is 0 Å². The third kappa shape index (κ3) is 2.63. The zero-order valence-electron chi connectivity index (χ0n) is 11.4. The average Bonchev–Trinajstić information content (AvgIpc) is 2.85. The highest BCUT2D eigenvalue weighted by atomic mass is 35.5. The average molecular weight is 323 g/mol. The van der Waals surface area contributed by atoms with Crippen molar-refractivity contribution in [3.63, 3.8) is 0 Å². The zero-order valence-corrected chi connectivity index (χ0v) is 12.9. The molecule has 2 nitrogen and oxygen atoms in total. The summed E-state index contributed by atoms with van der Waals surface area (Å²) in [6, 6.07) is 12.1. The second-order valence-electron chi connectivity index (χ2n) is 4.89. The standard InChI is InChI=1S/C16H13Cl2FN2/c1-10(11-2-4-12(18)5-3-11)21-15-8-13(19)6-7-14(15)20-16(21)9-17/h2-8,10H,9H2,1H3. The number of alkyl halides is 1. The highest BCUT2D eigenvalue weighted by Crippen LogP contribution is 2.28. The Kier molecular flexibility index (Phi) is 3.87. The van der Waals surface area contributed by atoms with Crippen LogP contribution in [0.3, 0.4) is 0 Å². The minimum absolute atomic E-state index is 0.0113. The van der Waals surface area contributed by atoms with Crippen molar-refractivity contribution in [2.45, 2.75) is 18.8 Å². The largest absolute Gasteiger partial charge is 0.320 e. The first kappa shape index (κ1) is 14.4. The van der Waals surface area contributed by atoms with Gasteiger partial charge in [-0.25, -0.2) is 9.37 Å². The number of benzene rings is 2. The summed E-state index contributed by atoms with van der Waals surface area (Å²) in [4.78, 5) is 4.47. The van der Waals surface area contributed by atoms with Crippen molar-refractivity contribution in [2.24, 2.45) is 0 Å². The van der Waals surface area contributed by atoms with Gasteiger partial charge in [0.15, 0.2) is 0 Å². The van der Waals surface area contributed by atoms with Gasteiger partial charge in [-0.2, -0.15) is 0 Å². The number of hydrogen-bond acceptors (Lipinski definition) is 1. The van der Waals surface area contributed by atoms with Gasteiger partial charge in [0.25, 0.3) is 0 Å². The summed E-state index contributed by atoms with van der Waals surface area (Å²) in [5.41, 5.74) is 2.55. The molecule has 1 atom stereocenters. The highest BCUT2D eigenvalue weighted by molar-refractivity contribution is 6.30. The summed E-state index contributed by atoms with van der Waals surface area (Å²) >= 11 is 11.9. The summed E-state index contributed by atoms with van der Waals surface area (Å²) in [6.07, 6.45) is 0. The maximum Gasteiger partial charge on any atom is 0.125 e. The number of halogens is 3. The maximum atomic E-state index is 13.6. The molecule has 0 spiro atoms. The lowest BCUT2D eigenvalue weighted by Crippen LogP contribution is -2.10. The first-order valence-electron chi connectivity index (χ1n) is 6.58. The van der Waals surface area contributed by atoms with E-state index in [1.165, 1.54) is 12.1 Å². The Morgan fingerprint density at radius 2 is 1.90 bits per heavy atom. The summed E-state index contributed by atoms with van der Waals surface area (Å²) in [7, 11) is 0. The van der Waals surface area contributed by atoms with Crippen LogP contribution in [-0.4, -0.2) is 9.55 Å². The van der Waals surface area contributed by atoms with Crippen molar-refractivity contribution in [3.05, 3.63) is 64.7 Å². The summed E-state index contributed by atoms with van der Waals surface area (Å²) < 4.78 is 15.5. The number of rotatable bonds is 3. The van der Waals surface area contributed by atoms with Gasteiger partial charge in [0, 0.05) is 5.02 Å². The van der Waals surface area contributed by atoms with Crippen molar-refractivity contribution in [1.29, 1.82) is 0 Å². The Labute approximate surface area is 132 Å². The Hall–Kier alpha value is -1.58. The fourth-order valence-electron chi connectivity index (χ4n) is 2.53. The Balaban J connectivity index is 2.17. The highest BCUT2D eigenvalue weighted by Gasteiger charge is 2.17. The number of nitrogens with zero attached hydrogens (tertiary/aromatic N) is 2. The third-order valence-electron chi connectivity index (χ3n) is 3.58. The number of imidazole rings is 1. The van der Waals surface area contributed by atoms with Gasteiger partial charge in [-0.05, 0) is 42.8 Å². The molecule has 0 fully saturated rings. The predicted octanol–water partition coefficient (Wildman–Crippen LogP) is 5.18. The first-order chi connectivity index (χ1) is 10.1. The summed E-state index contributed by atoms with van der Waals surface area (Å²) in [5, 5.41) is 0.685. The van der Waals surface area contributed by atoms with E-state index < -0.39 is 0 Å². The molecule has 108 valence electrons. The van der Waals surface area contributed by atoms with E-state index in [1.807, 2.05) is 35.8 Å². The van der Waals surface area contributed by atoms with Gasteiger partial charge in [0.05, 0.1) is 23.0 Å². The van der Waals surface area contributed by atoms with Gasteiger partial charge in [0.1, 0.15) is 11.6 Å². The van der Waals surface area contributed by atoms with Crippen LogP contribution in [0, 0.1) is 5.82 Å². The lowest BCUT2D eigenvalue weighted by atomic mass is 10.1. The maximum absolute atomic E-state index is 13.6. The molecule has 0 aliphatic heterocycles. The van der Waals surface area contributed by atoms with Gasteiger partial charge in [-0.15, -0.1) is 11.6 Å². The van der Waals surface area contributed by atoms with Gasteiger partial charge >= 0.3 is 0 Å². The van der Waals surface area contributed by atoms with Crippen LogP contribution in [0.2, 0.25) is 5.02 Å². The minimum Gasteiger partial charge on any atom is -0.320 e. The lowest BCUT2D eigenvalue weighted by molar-refractivity contribution is 0.618. The smallest absolute Gasteiger partial charge is 0.125 e. The van der Waals surface area contributed by atoms with Crippen molar-refractivity contribution in [3.8, 4) is 0 Å². The molecule has 5 heteroatoms. The molecule has 2 aromatic carbocycles. The van der Waals surface area contributed by atoms with E-state index in [-0.39, 0.29) is 17.7 Å². The molecule has 0 saturated heterocycles. The molecule has 0 N–H and O–H groups in total. The quantitative estimate of drug-likeness (QED) is 0.608. The molecule has 0 aliphatic rings. The Morgan fingerprint density at radius 3 is 2.57 bits per heavy atom. The van der Waals surface area contributed by atoms with Crippen LogP contribution in [0.1, 0.15) is 24.4 Å². The minimum atomic E-state index is -0.284. The molecule has 3 rings (SSSR count). The molecule has 0 aliphatic carbocycles. The van der Waals surface area contributed by atoms with E-state index in [0.717, 1.165) is 22.4 Å². The van der Waals surface area contributed by atoms with Crippen LogP contribution in [-0.2, 0) is 5.88 Å². The SMILES string of the molecule is CC(c1ccc(Cl)cc1)n1c(CCl)nc2ccc(F)cc21. The van der Waals surface area contributed by atoms with E-state index in [9.17, 15) is 4.39 Å². The number of aromatic nitrogens is 2. The molecule has 0 saturated carbocycles. The normalized spacial score (nSPS) is 12.8. The second kappa shape index (κ2) is 5.66. The second-order valence-corrected chi connectivity index (χ2v) is 5.60. The van der Waals surface area contributed by atoms with Crippen LogP contribution in [0.4, 0.5) is 4.39 Å². The molecule has 3 aromatic rings. The van der Waals surface area contributed by atoms with Crippen LogP contribution in [0.15, 0.2) is 42.5 Å². The Morgan fingerprint density at radius 1 is 1.19 bits per heavy atom. The predicted molar refractivity (Wildman–Crippen MR) is 84.5 cm³/mol. The van der Waals surface area contributed by atoms with Gasteiger partial charge in [-0.3, -0.25) is 0 Å². The van der Waals surface area contributed by atoms with Gasteiger partial charge in [0.2, 0.25) is 0 Å². The molecular formula is C16H13Cl2FN2. The molecule has 21 heavy (non-hydrogen) atoms. The van der Waals surface area contributed by atoms with Crippen LogP contribution < -0.4 is 0 Å². The zero-order chi connectivity index (χ0) is 15.0. The summed E-state index contributed by atoms with van der Waals surface area (Å²) in [6.45, 7) is 2.03. The van der Waals surface area contributed by atoms with E-state index in [4.69, 9.17) is 23.2 Å². The van der Waals surface area contributed by atoms with Crippen molar-refractivity contribution >= 4 is 34.2 Å². The van der Waals surface area contributed by atoms with E-state index in [1.54, 1.807) is 6.07 Å². The molecule has 0 bridgehead atoms. The monoisotopic (exact) mass is 322 g/mol. The molecule has 0 amide bonds. The van der Waals surface area contributed by atoms with E-state index in [2.05, 4.69) is 4.98 Å². The molecule has 1 heterocycles. The number of fused-ring (bicyclic) bond motifs is 1. The lowest BCUT2D eigenvalue weighted by Gasteiger charge is -2.17. The van der Waals surface area contributed by atoms with Crippen molar-refractivity contribution < 1.29 is 4.39 Å². The van der Waals surface area contributed by atoms with Crippen molar-refractivity contribution in [2.75, 3.05) is 0 Å². The van der Waals surface area contributed by atoms with E-state index in [0.29, 0.717) is 5.02 Å². The third-order valence-corrected chi connectivity index (χ3v) is 4.07. The molecule has 0 radical (unpaired) electrons. The topological polar surface area (TPSA) is 17.8 Å². The first-order valence-corrected chi connectivity index (χ1v) is 7.49. The molecular weight excluding hydrogens is 310 g/mol. The van der Waals surface area contributed by atoms with Crippen LogP contribution in [0.25, 0.3) is 11.0 Å². The van der Waals surface area contributed by atoms with Gasteiger partial charge < -0.3 is 4.57 Å². The molecule has 1 unspecified atom stereocenters. The van der Waals surface area contributed by atoms with Gasteiger partial charge in [-0.1, -0.05) is 23.7 Å².